The van der Waals surface area contributed by atoms with E-state index in [9.17, 15) is 9.59 Å². The number of amides is 1. The first kappa shape index (κ1) is 15.1. The van der Waals surface area contributed by atoms with Crippen LogP contribution in [0, 0.1) is 5.92 Å². The summed E-state index contributed by atoms with van der Waals surface area (Å²) in [6, 6.07) is 6.68. The van der Waals surface area contributed by atoms with Crippen LogP contribution >= 0.6 is 0 Å². The highest BCUT2D eigenvalue weighted by Gasteiger charge is 2.28. The highest BCUT2D eigenvalue weighted by atomic mass is 16.5. The lowest BCUT2D eigenvalue weighted by Gasteiger charge is -2.25. The van der Waals surface area contributed by atoms with Crippen LogP contribution in [0.2, 0.25) is 0 Å². The van der Waals surface area contributed by atoms with Crippen molar-refractivity contribution in [2.75, 3.05) is 6.61 Å². The van der Waals surface area contributed by atoms with Gasteiger partial charge in [-0.25, -0.2) is 4.79 Å². The summed E-state index contributed by atoms with van der Waals surface area (Å²) in [7, 11) is 0. The normalized spacial score (nSPS) is 18.6. The highest BCUT2D eigenvalue weighted by Crippen LogP contribution is 2.26. The molecule has 1 amide bonds. The molecule has 2 rings (SSSR count). The standard InChI is InChI=1S/C16H19NO4/c1-2-3-7-13(16(19)20)17-15(18)12-9-11-6-4-5-8-14(11)21-10-12/h2-6,8,12-13H,7,9-10H2,1H3,(H,17,18)(H,19,20)/b3-2+. The van der Waals surface area contributed by atoms with Crippen LogP contribution in [0.4, 0.5) is 0 Å². The zero-order valence-corrected chi connectivity index (χ0v) is 11.9. The van der Waals surface area contributed by atoms with Gasteiger partial charge in [-0.15, -0.1) is 0 Å². The van der Waals surface area contributed by atoms with E-state index in [1.807, 2.05) is 31.2 Å². The minimum absolute atomic E-state index is 0.276. The molecule has 1 aromatic rings. The molecule has 1 heterocycles. The molecule has 21 heavy (non-hydrogen) atoms. The van der Waals surface area contributed by atoms with Gasteiger partial charge in [0.05, 0.1) is 5.92 Å². The molecule has 2 N–H and O–H groups in total. The number of carboxylic acids is 1. The highest BCUT2D eigenvalue weighted by molar-refractivity contribution is 5.85. The average molecular weight is 289 g/mol. The lowest BCUT2D eigenvalue weighted by atomic mass is 9.95. The Morgan fingerprint density at radius 3 is 2.95 bits per heavy atom. The van der Waals surface area contributed by atoms with E-state index in [4.69, 9.17) is 9.84 Å². The second-order valence-corrected chi connectivity index (χ2v) is 5.02. The fourth-order valence-electron chi connectivity index (χ4n) is 2.28. The van der Waals surface area contributed by atoms with Gasteiger partial charge in [0.1, 0.15) is 18.4 Å². The zero-order chi connectivity index (χ0) is 15.2. The molecule has 1 aliphatic rings. The number of aliphatic carboxylic acids is 1. The van der Waals surface area contributed by atoms with Gasteiger partial charge < -0.3 is 15.2 Å². The number of ether oxygens (including phenoxy) is 1. The third-order valence-electron chi connectivity index (χ3n) is 3.47. The van der Waals surface area contributed by atoms with E-state index in [0.29, 0.717) is 6.42 Å². The molecule has 0 fully saturated rings. The molecule has 0 aliphatic carbocycles. The van der Waals surface area contributed by atoms with Gasteiger partial charge >= 0.3 is 5.97 Å². The number of nitrogens with one attached hydrogen (secondary N) is 1. The number of benzene rings is 1. The van der Waals surface area contributed by atoms with Crippen LogP contribution in [-0.4, -0.2) is 29.6 Å². The average Bonchev–Trinajstić information content (AvgIpc) is 2.50. The van der Waals surface area contributed by atoms with Crippen molar-refractivity contribution in [2.24, 2.45) is 5.92 Å². The number of para-hydroxylation sites is 1. The number of allylic oxidation sites excluding steroid dienone is 1. The molecule has 5 nitrogen and oxygen atoms in total. The van der Waals surface area contributed by atoms with Crippen LogP contribution in [0.1, 0.15) is 18.9 Å². The van der Waals surface area contributed by atoms with Gasteiger partial charge in [-0.3, -0.25) is 4.79 Å². The van der Waals surface area contributed by atoms with E-state index in [2.05, 4.69) is 5.32 Å². The fourth-order valence-corrected chi connectivity index (χ4v) is 2.28. The Morgan fingerprint density at radius 2 is 2.24 bits per heavy atom. The molecule has 0 aromatic heterocycles. The number of carbonyl (C=O) groups excluding carboxylic acids is 1. The summed E-state index contributed by atoms with van der Waals surface area (Å²) in [5.41, 5.74) is 0.976. The van der Waals surface area contributed by atoms with Gasteiger partial charge in [0.15, 0.2) is 0 Å². The Hall–Kier alpha value is -2.30. The Balaban J connectivity index is 1.99. The summed E-state index contributed by atoms with van der Waals surface area (Å²) in [6.07, 6.45) is 4.34. The van der Waals surface area contributed by atoms with Crippen molar-refractivity contribution in [3.8, 4) is 5.75 Å². The minimum atomic E-state index is -1.03. The topological polar surface area (TPSA) is 75.6 Å². The summed E-state index contributed by atoms with van der Waals surface area (Å²) in [6.45, 7) is 2.09. The molecule has 0 saturated carbocycles. The van der Waals surface area contributed by atoms with Crippen LogP contribution in [0.15, 0.2) is 36.4 Å². The van der Waals surface area contributed by atoms with Gasteiger partial charge in [-0.2, -0.15) is 0 Å². The van der Waals surface area contributed by atoms with Gasteiger partial charge in [0, 0.05) is 0 Å². The van der Waals surface area contributed by atoms with Crippen LogP contribution in [-0.2, 0) is 16.0 Å². The summed E-state index contributed by atoms with van der Waals surface area (Å²) in [5, 5.41) is 11.7. The molecule has 1 aliphatic heterocycles. The number of rotatable bonds is 5. The molecule has 2 atom stereocenters. The van der Waals surface area contributed by atoms with Gasteiger partial charge in [0.2, 0.25) is 5.91 Å². The van der Waals surface area contributed by atoms with Gasteiger partial charge in [-0.1, -0.05) is 30.4 Å². The second kappa shape index (κ2) is 6.92. The van der Waals surface area contributed by atoms with Crippen molar-refractivity contribution in [3.05, 3.63) is 42.0 Å². The van der Waals surface area contributed by atoms with Crippen molar-refractivity contribution in [2.45, 2.75) is 25.8 Å². The van der Waals surface area contributed by atoms with Crippen molar-refractivity contribution in [1.29, 1.82) is 0 Å². The number of carbonyl (C=O) groups is 2. The molecule has 0 saturated heterocycles. The maximum absolute atomic E-state index is 12.2. The van der Waals surface area contributed by atoms with Crippen LogP contribution < -0.4 is 10.1 Å². The molecule has 2 unspecified atom stereocenters. The van der Waals surface area contributed by atoms with Crippen molar-refractivity contribution in [3.63, 3.8) is 0 Å². The zero-order valence-electron chi connectivity index (χ0n) is 11.9. The van der Waals surface area contributed by atoms with E-state index < -0.39 is 12.0 Å². The van der Waals surface area contributed by atoms with E-state index in [-0.39, 0.29) is 24.9 Å². The summed E-state index contributed by atoms with van der Waals surface area (Å²) in [4.78, 5) is 23.3. The largest absolute Gasteiger partial charge is 0.492 e. The van der Waals surface area contributed by atoms with Crippen molar-refractivity contribution < 1.29 is 19.4 Å². The summed E-state index contributed by atoms with van der Waals surface area (Å²) < 4.78 is 5.56. The molecule has 0 radical (unpaired) electrons. The van der Waals surface area contributed by atoms with E-state index in [1.54, 1.807) is 12.2 Å². The molecule has 112 valence electrons. The number of carboxylic acid groups (broad SMARTS) is 1. The van der Waals surface area contributed by atoms with E-state index in [1.165, 1.54) is 0 Å². The monoisotopic (exact) mass is 289 g/mol. The quantitative estimate of drug-likeness (QED) is 0.810. The first-order chi connectivity index (χ1) is 10.1. The smallest absolute Gasteiger partial charge is 0.326 e. The summed E-state index contributed by atoms with van der Waals surface area (Å²) >= 11 is 0. The van der Waals surface area contributed by atoms with Crippen LogP contribution in [0.3, 0.4) is 0 Å². The molecule has 0 spiro atoms. The Bertz CT molecular complexity index is 553. The number of hydrogen-bond acceptors (Lipinski definition) is 3. The van der Waals surface area contributed by atoms with E-state index >= 15 is 0 Å². The predicted octanol–water partition coefficient (Wildman–Crippen LogP) is 1.77. The van der Waals surface area contributed by atoms with Crippen molar-refractivity contribution >= 4 is 11.9 Å². The maximum atomic E-state index is 12.2. The Morgan fingerprint density at radius 1 is 1.48 bits per heavy atom. The van der Waals surface area contributed by atoms with Crippen molar-refractivity contribution in [1.82, 2.24) is 5.32 Å². The minimum Gasteiger partial charge on any atom is -0.492 e. The van der Waals surface area contributed by atoms with Crippen LogP contribution in [0.25, 0.3) is 0 Å². The third kappa shape index (κ3) is 3.84. The maximum Gasteiger partial charge on any atom is 0.326 e. The van der Waals surface area contributed by atoms with Gasteiger partial charge in [-0.05, 0) is 31.4 Å². The molecule has 1 aromatic carbocycles. The third-order valence-corrected chi connectivity index (χ3v) is 3.47. The number of hydrogen-bond donors (Lipinski definition) is 2. The lowest BCUT2D eigenvalue weighted by molar-refractivity contribution is -0.142. The number of fused-ring (bicyclic) bond motifs is 1. The molecular weight excluding hydrogens is 270 g/mol. The SMILES string of the molecule is C/C=C/CC(NC(=O)C1COc2ccccc2C1)C(=O)O. The first-order valence-electron chi connectivity index (χ1n) is 6.97. The molecule has 0 bridgehead atoms. The molecular formula is C16H19NO4. The fraction of sp³-hybridized carbons (Fsp3) is 0.375. The molecule has 5 heteroatoms. The van der Waals surface area contributed by atoms with E-state index in [0.717, 1.165) is 11.3 Å². The predicted molar refractivity (Wildman–Crippen MR) is 78.1 cm³/mol. The Labute approximate surface area is 123 Å². The lowest BCUT2D eigenvalue weighted by Crippen LogP contribution is -2.45. The Kier molecular flexibility index (Phi) is 4.98. The van der Waals surface area contributed by atoms with Crippen LogP contribution in [0.5, 0.6) is 5.75 Å². The summed E-state index contributed by atoms with van der Waals surface area (Å²) in [5.74, 6) is -0.863. The first-order valence-corrected chi connectivity index (χ1v) is 6.97. The van der Waals surface area contributed by atoms with Gasteiger partial charge in [0.25, 0.3) is 0 Å². The second-order valence-electron chi connectivity index (χ2n) is 5.02.